The van der Waals surface area contributed by atoms with Crippen molar-refractivity contribution in [3.8, 4) is 0 Å². The molecule has 0 amide bonds. The molecule has 0 radical (unpaired) electrons. The summed E-state index contributed by atoms with van der Waals surface area (Å²) < 4.78 is 6.41. The van der Waals surface area contributed by atoms with Crippen LogP contribution >= 0.6 is 11.3 Å². The quantitative estimate of drug-likeness (QED) is 0.832. The van der Waals surface area contributed by atoms with Gasteiger partial charge in [0.15, 0.2) is 0 Å². The molecule has 2 N–H and O–H groups in total. The average Bonchev–Trinajstić information content (AvgIpc) is 2.98. The van der Waals surface area contributed by atoms with Gasteiger partial charge in [-0.15, -0.1) is 11.3 Å². The van der Waals surface area contributed by atoms with E-state index in [1.54, 1.807) is 11.3 Å². The predicted molar refractivity (Wildman–Crippen MR) is 82.4 cm³/mol. The van der Waals surface area contributed by atoms with Crippen LogP contribution in [0, 0.1) is 5.92 Å². The van der Waals surface area contributed by atoms with Crippen LogP contribution in [-0.2, 0) is 4.74 Å². The maximum Gasteiger partial charge on any atom is 0.107 e. The molecule has 1 aromatic heterocycles. The van der Waals surface area contributed by atoms with E-state index in [2.05, 4.69) is 31.4 Å². The molecule has 1 aliphatic rings. The minimum Gasteiger partial charge on any atom is -0.368 e. The lowest BCUT2D eigenvalue weighted by Crippen LogP contribution is -2.33. The van der Waals surface area contributed by atoms with Crippen molar-refractivity contribution in [3.05, 3.63) is 22.4 Å². The van der Waals surface area contributed by atoms with Gasteiger partial charge in [-0.1, -0.05) is 39.2 Å². The van der Waals surface area contributed by atoms with E-state index in [0.717, 1.165) is 12.3 Å². The van der Waals surface area contributed by atoms with Gasteiger partial charge in [0.25, 0.3) is 0 Å². The van der Waals surface area contributed by atoms with E-state index >= 15 is 0 Å². The zero-order valence-electron chi connectivity index (χ0n) is 12.2. The van der Waals surface area contributed by atoms with Crippen LogP contribution in [0.3, 0.4) is 0 Å². The van der Waals surface area contributed by atoms with Crippen molar-refractivity contribution < 1.29 is 4.74 Å². The van der Waals surface area contributed by atoms with Gasteiger partial charge < -0.3 is 10.5 Å². The predicted octanol–water partition coefficient (Wildman–Crippen LogP) is 4.51. The molecule has 0 saturated heterocycles. The Morgan fingerprint density at radius 2 is 2.26 bits per heavy atom. The maximum absolute atomic E-state index is 6.41. The molecule has 4 unspecified atom stereocenters. The fourth-order valence-electron chi connectivity index (χ4n) is 2.99. The van der Waals surface area contributed by atoms with Gasteiger partial charge in [-0.25, -0.2) is 0 Å². The summed E-state index contributed by atoms with van der Waals surface area (Å²) in [6, 6.07) is 4.36. The van der Waals surface area contributed by atoms with Crippen LogP contribution in [0.4, 0.5) is 0 Å². The number of hydrogen-bond acceptors (Lipinski definition) is 3. The SMILES string of the molecule is CCC1CCCC(OC(c2cccs2)C(N)CC)C1. The van der Waals surface area contributed by atoms with Crippen LogP contribution in [-0.4, -0.2) is 12.1 Å². The van der Waals surface area contributed by atoms with Crippen molar-refractivity contribution in [2.75, 3.05) is 0 Å². The number of thiophene rings is 1. The summed E-state index contributed by atoms with van der Waals surface area (Å²) in [4.78, 5) is 1.29. The zero-order chi connectivity index (χ0) is 13.7. The maximum atomic E-state index is 6.41. The van der Waals surface area contributed by atoms with E-state index in [0.29, 0.717) is 6.10 Å². The minimum absolute atomic E-state index is 0.0885. The first-order valence-electron chi connectivity index (χ1n) is 7.69. The number of rotatable bonds is 6. The van der Waals surface area contributed by atoms with Gasteiger partial charge in [0.1, 0.15) is 6.10 Å². The molecule has 1 aromatic rings. The Bertz CT molecular complexity index is 352. The van der Waals surface area contributed by atoms with Gasteiger partial charge in [0, 0.05) is 10.9 Å². The largest absolute Gasteiger partial charge is 0.368 e. The van der Waals surface area contributed by atoms with Gasteiger partial charge in [-0.2, -0.15) is 0 Å². The molecule has 1 aliphatic carbocycles. The molecular weight excluding hydrogens is 254 g/mol. The molecule has 4 atom stereocenters. The van der Waals surface area contributed by atoms with E-state index < -0.39 is 0 Å². The first-order valence-corrected chi connectivity index (χ1v) is 8.57. The molecule has 0 bridgehead atoms. The molecule has 1 fully saturated rings. The first-order chi connectivity index (χ1) is 9.24. The second-order valence-electron chi connectivity index (χ2n) is 5.71. The van der Waals surface area contributed by atoms with Crippen molar-refractivity contribution in [2.24, 2.45) is 11.7 Å². The molecule has 3 heteroatoms. The Kier molecular flexibility index (Phi) is 5.86. The van der Waals surface area contributed by atoms with E-state index in [9.17, 15) is 0 Å². The standard InChI is InChI=1S/C16H27NOS/c1-3-12-7-5-8-13(11-12)18-16(14(17)4-2)15-9-6-10-19-15/h6,9-10,12-14,16H,3-5,7-8,11,17H2,1-2H3. The molecule has 0 spiro atoms. The van der Waals surface area contributed by atoms with Crippen molar-refractivity contribution in [1.82, 2.24) is 0 Å². The highest BCUT2D eigenvalue weighted by Crippen LogP contribution is 2.34. The van der Waals surface area contributed by atoms with Crippen molar-refractivity contribution in [3.63, 3.8) is 0 Å². The minimum atomic E-state index is 0.0885. The lowest BCUT2D eigenvalue weighted by atomic mass is 9.85. The molecular formula is C16H27NOS. The molecule has 0 aliphatic heterocycles. The number of nitrogens with two attached hydrogens (primary N) is 1. The van der Waals surface area contributed by atoms with Crippen LogP contribution < -0.4 is 5.73 Å². The normalized spacial score (nSPS) is 27.1. The summed E-state index contributed by atoms with van der Waals surface area (Å²) >= 11 is 1.76. The lowest BCUT2D eigenvalue weighted by Gasteiger charge is -2.33. The average molecular weight is 281 g/mol. The fraction of sp³-hybridized carbons (Fsp3) is 0.750. The third-order valence-electron chi connectivity index (χ3n) is 4.33. The van der Waals surface area contributed by atoms with Gasteiger partial charge in [-0.05, 0) is 36.6 Å². The summed E-state index contributed by atoms with van der Waals surface area (Å²) in [5, 5.41) is 2.11. The summed E-state index contributed by atoms with van der Waals surface area (Å²) in [7, 11) is 0. The van der Waals surface area contributed by atoms with E-state index in [1.807, 2.05) is 0 Å². The van der Waals surface area contributed by atoms with Crippen molar-refractivity contribution in [2.45, 2.75) is 70.6 Å². The molecule has 19 heavy (non-hydrogen) atoms. The summed E-state index contributed by atoms with van der Waals surface area (Å²) in [6.07, 6.45) is 7.84. The topological polar surface area (TPSA) is 35.2 Å². The van der Waals surface area contributed by atoms with Gasteiger partial charge in [-0.3, -0.25) is 0 Å². The fourth-order valence-corrected chi connectivity index (χ4v) is 3.83. The molecule has 108 valence electrons. The van der Waals surface area contributed by atoms with Crippen LogP contribution in [0.25, 0.3) is 0 Å². The van der Waals surface area contributed by atoms with E-state index in [1.165, 1.54) is 37.0 Å². The molecule has 1 heterocycles. The number of ether oxygens (including phenoxy) is 1. The Balaban J connectivity index is 2.00. The summed E-state index contributed by atoms with van der Waals surface area (Å²) in [5.41, 5.74) is 6.27. The Hall–Kier alpha value is -0.380. The van der Waals surface area contributed by atoms with Crippen molar-refractivity contribution >= 4 is 11.3 Å². The third-order valence-corrected chi connectivity index (χ3v) is 5.27. The third kappa shape index (κ3) is 4.04. The smallest absolute Gasteiger partial charge is 0.107 e. The summed E-state index contributed by atoms with van der Waals surface area (Å²) in [6.45, 7) is 4.44. The molecule has 2 nitrogen and oxygen atoms in total. The number of hydrogen-bond donors (Lipinski definition) is 1. The summed E-state index contributed by atoms with van der Waals surface area (Å²) in [5.74, 6) is 0.848. The van der Waals surface area contributed by atoms with Crippen LogP contribution in [0.1, 0.15) is 63.4 Å². The van der Waals surface area contributed by atoms with Gasteiger partial charge >= 0.3 is 0 Å². The molecule has 1 saturated carbocycles. The Morgan fingerprint density at radius 3 is 2.89 bits per heavy atom. The van der Waals surface area contributed by atoms with Gasteiger partial charge in [0.2, 0.25) is 0 Å². The zero-order valence-corrected chi connectivity index (χ0v) is 13.0. The molecule has 2 rings (SSSR count). The van der Waals surface area contributed by atoms with Crippen LogP contribution in [0.5, 0.6) is 0 Å². The lowest BCUT2D eigenvalue weighted by molar-refractivity contribution is -0.0520. The van der Waals surface area contributed by atoms with Crippen LogP contribution in [0.15, 0.2) is 17.5 Å². The highest BCUT2D eigenvalue weighted by molar-refractivity contribution is 7.10. The first kappa shape index (κ1) is 15.0. The highest BCUT2D eigenvalue weighted by atomic mass is 32.1. The molecule has 0 aromatic carbocycles. The second kappa shape index (κ2) is 7.41. The highest BCUT2D eigenvalue weighted by Gasteiger charge is 2.28. The Morgan fingerprint density at radius 1 is 1.42 bits per heavy atom. The Labute approximate surface area is 121 Å². The van der Waals surface area contributed by atoms with Crippen molar-refractivity contribution in [1.29, 1.82) is 0 Å². The monoisotopic (exact) mass is 281 g/mol. The van der Waals surface area contributed by atoms with Crippen LogP contribution in [0.2, 0.25) is 0 Å². The van der Waals surface area contributed by atoms with E-state index in [-0.39, 0.29) is 12.1 Å². The second-order valence-corrected chi connectivity index (χ2v) is 6.69. The van der Waals surface area contributed by atoms with E-state index in [4.69, 9.17) is 10.5 Å². The van der Waals surface area contributed by atoms with Gasteiger partial charge in [0.05, 0.1) is 6.10 Å².